The Hall–Kier alpha value is -0.450. The van der Waals surface area contributed by atoms with Crippen LogP contribution in [0.25, 0.3) is 0 Å². The van der Waals surface area contributed by atoms with Crippen LogP contribution in [0.5, 0.6) is 0 Å². The van der Waals surface area contributed by atoms with Crippen LogP contribution < -0.4 is 0 Å². The van der Waals surface area contributed by atoms with Crippen molar-refractivity contribution in [1.29, 1.82) is 0 Å². The van der Waals surface area contributed by atoms with Crippen LogP contribution in [0.15, 0.2) is 0 Å². The molecule has 0 saturated carbocycles. The fraction of sp³-hybridized carbons (Fsp3) is 0.833. The fourth-order valence-electron chi connectivity index (χ4n) is 0.550. The Bertz CT molecular complexity index is 102. The second-order valence-electron chi connectivity index (χ2n) is 1.75. The van der Waals surface area contributed by atoms with Crippen LogP contribution in [0.3, 0.4) is 0 Å². The van der Waals surface area contributed by atoms with E-state index in [1.165, 1.54) is 0 Å². The molecule has 2 N–H and O–H groups in total. The molecule has 0 fully saturated rings. The maximum Gasteiger partial charge on any atom is 0.189 e. The largest absolute Gasteiger partial charge is 0.393 e. The zero-order valence-electron chi connectivity index (χ0n) is 5.91. The average Bonchev–Trinajstić information content (AvgIpc) is 1.99. The average molecular weight is 148 g/mol. The molecule has 0 aromatic heterocycles. The number of ketones is 1. The van der Waals surface area contributed by atoms with Crippen LogP contribution in [0.2, 0.25) is 0 Å². The van der Waals surface area contributed by atoms with E-state index in [-0.39, 0.29) is 6.61 Å². The first kappa shape index (κ1) is 9.55. The van der Waals surface area contributed by atoms with E-state index in [0.717, 1.165) is 0 Å². The number of carbonyl (C=O) groups excluding carboxylic acids is 1. The normalized spacial score (nSPS) is 13.1. The van der Waals surface area contributed by atoms with Gasteiger partial charge in [-0.15, -0.1) is 0 Å². The first-order valence-electron chi connectivity index (χ1n) is 3.12. The molecule has 0 radical (unpaired) electrons. The zero-order chi connectivity index (χ0) is 7.98. The molecule has 0 aliphatic carbocycles. The Morgan fingerprint density at radius 3 is 2.50 bits per heavy atom. The van der Waals surface area contributed by atoms with Crippen molar-refractivity contribution in [3.8, 4) is 0 Å². The maximum atomic E-state index is 10.6. The number of aliphatic hydroxyl groups is 2. The van der Waals surface area contributed by atoms with Crippen LogP contribution in [-0.4, -0.2) is 41.9 Å². The van der Waals surface area contributed by atoms with E-state index < -0.39 is 18.5 Å². The molecule has 4 nitrogen and oxygen atoms in total. The van der Waals surface area contributed by atoms with Crippen LogP contribution in [0.4, 0.5) is 0 Å². The van der Waals surface area contributed by atoms with Gasteiger partial charge in [0.2, 0.25) is 0 Å². The second-order valence-corrected chi connectivity index (χ2v) is 1.75. The van der Waals surface area contributed by atoms with Crippen molar-refractivity contribution < 1.29 is 19.7 Å². The highest BCUT2D eigenvalue weighted by Gasteiger charge is 2.15. The van der Waals surface area contributed by atoms with Crippen LogP contribution in [0.1, 0.15) is 6.92 Å². The lowest BCUT2D eigenvalue weighted by Crippen LogP contribution is -2.30. The Balaban J connectivity index is 3.68. The summed E-state index contributed by atoms with van der Waals surface area (Å²) in [5, 5.41) is 16.8. The van der Waals surface area contributed by atoms with E-state index in [1.807, 2.05) is 0 Å². The highest BCUT2D eigenvalue weighted by Crippen LogP contribution is 1.91. The summed E-state index contributed by atoms with van der Waals surface area (Å²) in [5.41, 5.74) is 0. The molecule has 0 bridgehead atoms. The number of aliphatic hydroxyl groups excluding tert-OH is 2. The van der Waals surface area contributed by atoms with E-state index in [1.54, 1.807) is 6.92 Å². The summed E-state index contributed by atoms with van der Waals surface area (Å²) >= 11 is 0. The molecule has 4 heteroatoms. The number of ether oxygens (including phenoxy) is 1. The molecule has 0 amide bonds. The summed E-state index contributed by atoms with van der Waals surface area (Å²) < 4.78 is 4.78. The lowest BCUT2D eigenvalue weighted by molar-refractivity contribution is -0.135. The highest BCUT2D eigenvalue weighted by molar-refractivity contribution is 5.84. The van der Waals surface area contributed by atoms with Crippen molar-refractivity contribution in [2.24, 2.45) is 0 Å². The molecule has 0 aromatic carbocycles. The summed E-state index contributed by atoms with van der Waals surface area (Å²) in [6, 6.07) is 0. The third-order valence-electron chi connectivity index (χ3n) is 1.05. The quantitative estimate of drug-likeness (QED) is 0.522. The van der Waals surface area contributed by atoms with E-state index in [0.29, 0.717) is 6.61 Å². The molecule has 10 heavy (non-hydrogen) atoms. The van der Waals surface area contributed by atoms with Crippen LogP contribution in [-0.2, 0) is 9.53 Å². The Morgan fingerprint density at radius 2 is 2.20 bits per heavy atom. The Morgan fingerprint density at radius 1 is 1.60 bits per heavy atom. The smallest absolute Gasteiger partial charge is 0.189 e. The van der Waals surface area contributed by atoms with Crippen molar-refractivity contribution in [2.75, 3.05) is 19.8 Å². The molecule has 0 aliphatic heterocycles. The summed E-state index contributed by atoms with van der Waals surface area (Å²) in [6.45, 7) is 1.13. The molecule has 60 valence electrons. The lowest BCUT2D eigenvalue weighted by Gasteiger charge is -2.10. The van der Waals surface area contributed by atoms with Crippen molar-refractivity contribution >= 4 is 5.78 Å². The van der Waals surface area contributed by atoms with E-state index in [2.05, 4.69) is 0 Å². The van der Waals surface area contributed by atoms with Gasteiger partial charge in [-0.2, -0.15) is 0 Å². The van der Waals surface area contributed by atoms with Gasteiger partial charge in [-0.05, 0) is 6.92 Å². The number of hydrogen-bond acceptors (Lipinski definition) is 4. The van der Waals surface area contributed by atoms with Crippen molar-refractivity contribution in [3.63, 3.8) is 0 Å². The van der Waals surface area contributed by atoms with Crippen LogP contribution >= 0.6 is 0 Å². The number of rotatable bonds is 5. The van der Waals surface area contributed by atoms with Gasteiger partial charge < -0.3 is 14.9 Å². The summed E-state index contributed by atoms with van der Waals surface area (Å²) in [5.74, 6) is -0.482. The molecule has 0 saturated heterocycles. The minimum atomic E-state index is -0.852. The monoisotopic (exact) mass is 148 g/mol. The zero-order valence-corrected chi connectivity index (χ0v) is 5.91. The molecule has 1 atom stereocenters. The predicted octanol–water partition coefficient (Wildman–Crippen LogP) is -1.05. The number of carbonyl (C=O) groups is 1. The standard InChI is InChI=1S/C6H12O4/c1-2-10-6(4-8)5(9)3-7/h6-8H,2-4H2,1H3. The molecule has 0 aliphatic rings. The van der Waals surface area contributed by atoms with Gasteiger partial charge in [0.25, 0.3) is 0 Å². The second kappa shape index (κ2) is 5.34. The first-order chi connectivity index (χ1) is 4.76. The van der Waals surface area contributed by atoms with Crippen molar-refractivity contribution in [1.82, 2.24) is 0 Å². The molecular formula is C6H12O4. The minimum Gasteiger partial charge on any atom is -0.393 e. The van der Waals surface area contributed by atoms with Crippen molar-refractivity contribution in [3.05, 3.63) is 0 Å². The minimum absolute atomic E-state index is 0.358. The highest BCUT2D eigenvalue weighted by atomic mass is 16.5. The maximum absolute atomic E-state index is 10.6. The van der Waals surface area contributed by atoms with Gasteiger partial charge in [0.1, 0.15) is 12.7 Å². The summed E-state index contributed by atoms with van der Waals surface area (Å²) in [6.07, 6.45) is -0.852. The van der Waals surface area contributed by atoms with Gasteiger partial charge >= 0.3 is 0 Å². The molecule has 0 aromatic rings. The van der Waals surface area contributed by atoms with Gasteiger partial charge in [-0.25, -0.2) is 0 Å². The lowest BCUT2D eigenvalue weighted by atomic mass is 10.2. The molecule has 0 spiro atoms. The SMILES string of the molecule is CCOC(CO)C(=O)CO. The number of hydrogen-bond donors (Lipinski definition) is 2. The van der Waals surface area contributed by atoms with Gasteiger partial charge in [0, 0.05) is 6.61 Å². The fourth-order valence-corrected chi connectivity index (χ4v) is 0.550. The van der Waals surface area contributed by atoms with E-state index in [4.69, 9.17) is 14.9 Å². The van der Waals surface area contributed by atoms with Gasteiger partial charge in [0.05, 0.1) is 6.61 Å². The van der Waals surface area contributed by atoms with E-state index >= 15 is 0 Å². The molecule has 0 heterocycles. The predicted molar refractivity (Wildman–Crippen MR) is 34.6 cm³/mol. The topological polar surface area (TPSA) is 66.8 Å². The number of Topliss-reactive ketones (excluding diaryl/α,β-unsaturated/α-hetero) is 1. The molecular weight excluding hydrogens is 136 g/mol. The first-order valence-corrected chi connectivity index (χ1v) is 3.12. The Labute approximate surface area is 59.4 Å². The molecule has 1 unspecified atom stereocenters. The van der Waals surface area contributed by atoms with Crippen LogP contribution in [0, 0.1) is 0 Å². The van der Waals surface area contributed by atoms with Gasteiger partial charge in [0.15, 0.2) is 5.78 Å². The third-order valence-corrected chi connectivity index (χ3v) is 1.05. The van der Waals surface area contributed by atoms with Gasteiger partial charge in [-0.3, -0.25) is 4.79 Å². The molecule has 0 rings (SSSR count). The van der Waals surface area contributed by atoms with Gasteiger partial charge in [-0.1, -0.05) is 0 Å². The third kappa shape index (κ3) is 2.91. The summed E-state index contributed by atoms with van der Waals surface area (Å²) in [7, 11) is 0. The Kier molecular flexibility index (Phi) is 5.10. The summed E-state index contributed by atoms with van der Waals surface area (Å²) in [4.78, 5) is 10.6. The van der Waals surface area contributed by atoms with E-state index in [9.17, 15) is 4.79 Å². The van der Waals surface area contributed by atoms with Crippen molar-refractivity contribution in [2.45, 2.75) is 13.0 Å².